The maximum Gasteiger partial charge on any atom is 0.251 e. The van der Waals surface area contributed by atoms with Crippen LogP contribution in [0.2, 0.25) is 0 Å². The van der Waals surface area contributed by atoms with Gasteiger partial charge in [-0.3, -0.25) is 14.8 Å². The molecule has 0 aliphatic rings. The van der Waals surface area contributed by atoms with Crippen LogP contribution < -0.4 is 5.32 Å². The Balaban J connectivity index is 1.93. The van der Waals surface area contributed by atoms with Gasteiger partial charge in [0.25, 0.3) is 5.91 Å². The zero-order chi connectivity index (χ0) is 20.1. The first-order chi connectivity index (χ1) is 13.4. The van der Waals surface area contributed by atoms with Gasteiger partial charge in [-0.05, 0) is 60.9 Å². The highest BCUT2D eigenvalue weighted by Crippen LogP contribution is 2.29. The number of hydrogen-bond donors (Lipinski definition) is 1. The zero-order valence-corrected chi connectivity index (χ0v) is 16.5. The van der Waals surface area contributed by atoms with Crippen LogP contribution in [0.4, 0.5) is 0 Å². The smallest absolute Gasteiger partial charge is 0.251 e. The number of carbonyl (C=O) groups is 1. The summed E-state index contributed by atoms with van der Waals surface area (Å²) in [5.74, 6) is -0.355. The number of hydrogen-bond acceptors (Lipinski definition) is 5. The van der Waals surface area contributed by atoms with E-state index in [1.807, 2.05) is 13.8 Å². The van der Waals surface area contributed by atoms with Gasteiger partial charge in [0.1, 0.15) is 5.25 Å². The van der Waals surface area contributed by atoms with Crippen LogP contribution in [0.5, 0.6) is 0 Å². The normalized spacial score (nSPS) is 12.4. The Bertz CT molecular complexity index is 1070. The van der Waals surface area contributed by atoms with E-state index in [0.29, 0.717) is 11.1 Å². The largest absolute Gasteiger partial charge is 0.350 e. The minimum atomic E-state index is -3.74. The lowest BCUT2D eigenvalue weighted by Crippen LogP contribution is -2.32. The van der Waals surface area contributed by atoms with Gasteiger partial charge in [0, 0.05) is 36.9 Å². The van der Waals surface area contributed by atoms with Gasteiger partial charge in [0.2, 0.25) is 0 Å². The predicted molar refractivity (Wildman–Crippen MR) is 107 cm³/mol. The second-order valence-electron chi connectivity index (χ2n) is 6.51. The molecule has 1 amide bonds. The summed E-state index contributed by atoms with van der Waals surface area (Å²) in [6.45, 7) is 3.74. The van der Waals surface area contributed by atoms with Crippen LogP contribution in [-0.4, -0.2) is 30.8 Å². The fraction of sp³-hybridized carbons (Fsp3) is 0.190. The number of nitrogens with one attached hydrogen (secondary N) is 1. The molecule has 1 atom stereocenters. The Morgan fingerprint density at radius 3 is 2.39 bits per heavy atom. The molecule has 1 N–H and O–H groups in total. The lowest BCUT2D eigenvalue weighted by Gasteiger charge is -2.19. The Morgan fingerprint density at radius 1 is 1.00 bits per heavy atom. The minimum Gasteiger partial charge on any atom is -0.350 e. The maximum atomic E-state index is 13.4. The van der Waals surface area contributed by atoms with Gasteiger partial charge in [0.05, 0.1) is 4.90 Å². The van der Waals surface area contributed by atoms with Crippen molar-refractivity contribution in [3.8, 4) is 0 Å². The highest BCUT2D eigenvalue weighted by Gasteiger charge is 2.30. The highest BCUT2D eigenvalue weighted by molar-refractivity contribution is 7.91. The number of amides is 1. The fourth-order valence-electron chi connectivity index (χ4n) is 2.82. The van der Waals surface area contributed by atoms with E-state index in [1.165, 1.54) is 18.6 Å². The third-order valence-electron chi connectivity index (χ3n) is 4.63. The van der Waals surface area contributed by atoms with E-state index in [4.69, 9.17) is 0 Å². The van der Waals surface area contributed by atoms with E-state index in [0.717, 1.165) is 11.1 Å². The van der Waals surface area contributed by atoms with Gasteiger partial charge in [-0.2, -0.15) is 0 Å². The van der Waals surface area contributed by atoms with Gasteiger partial charge >= 0.3 is 0 Å². The average Bonchev–Trinajstić information content (AvgIpc) is 2.71. The summed E-state index contributed by atoms with van der Waals surface area (Å²) in [7, 11) is -3.74. The van der Waals surface area contributed by atoms with Crippen LogP contribution in [0.15, 0.2) is 72.1 Å². The Hall–Kier alpha value is -3.06. The molecule has 3 rings (SSSR count). The van der Waals surface area contributed by atoms with Gasteiger partial charge in [-0.15, -0.1) is 0 Å². The van der Waals surface area contributed by atoms with Crippen molar-refractivity contribution in [2.75, 3.05) is 6.54 Å². The van der Waals surface area contributed by atoms with Crippen LogP contribution in [0.1, 0.15) is 32.3 Å². The molecule has 0 aliphatic heterocycles. The lowest BCUT2D eigenvalue weighted by atomic mass is 10.1. The molecule has 0 fully saturated rings. The van der Waals surface area contributed by atoms with Crippen molar-refractivity contribution in [3.05, 3.63) is 89.5 Å². The zero-order valence-electron chi connectivity index (χ0n) is 15.7. The molecule has 7 heteroatoms. The molecule has 0 saturated carbocycles. The standard InChI is InChI=1S/C21H21N3O3S/c1-15-5-6-19(12-16(15)2)28(26,27)20(18-4-3-9-23-13-18)14-24-21(25)17-7-10-22-11-8-17/h3-13,20H,14H2,1-2H3,(H,24,25)/t20-/m0/s1. The fourth-order valence-corrected chi connectivity index (χ4v) is 4.55. The van der Waals surface area contributed by atoms with Crippen molar-refractivity contribution in [2.45, 2.75) is 24.0 Å². The summed E-state index contributed by atoms with van der Waals surface area (Å²) in [6, 6.07) is 11.6. The molecule has 0 aliphatic carbocycles. The van der Waals surface area contributed by atoms with Gasteiger partial charge in [0.15, 0.2) is 9.84 Å². The van der Waals surface area contributed by atoms with Gasteiger partial charge in [-0.1, -0.05) is 12.1 Å². The molecule has 3 aromatic rings. The van der Waals surface area contributed by atoms with Gasteiger partial charge in [-0.25, -0.2) is 8.42 Å². The topological polar surface area (TPSA) is 89.0 Å². The molecule has 28 heavy (non-hydrogen) atoms. The number of carbonyl (C=O) groups excluding carboxylic acids is 1. The van der Waals surface area contributed by atoms with Crippen LogP contribution in [0.25, 0.3) is 0 Å². The quantitative estimate of drug-likeness (QED) is 0.693. The van der Waals surface area contributed by atoms with E-state index < -0.39 is 15.1 Å². The maximum absolute atomic E-state index is 13.4. The summed E-state index contributed by atoms with van der Waals surface area (Å²) in [4.78, 5) is 20.5. The average molecular weight is 395 g/mol. The third-order valence-corrected chi connectivity index (χ3v) is 6.73. The Labute approximate surface area is 164 Å². The molecule has 1 aromatic carbocycles. The molecule has 0 saturated heterocycles. The van der Waals surface area contributed by atoms with E-state index in [9.17, 15) is 13.2 Å². The summed E-state index contributed by atoms with van der Waals surface area (Å²) in [5, 5.41) is 1.78. The monoisotopic (exact) mass is 395 g/mol. The number of benzene rings is 1. The van der Waals surface area contributed by atoms with Crippen molar-refractivity contribution >= 4 is 15.7 Å². The van der Waals surface area contributed by atoms with Crippen molar-refractivity contribution < 1.29 is 13.2 Å². The lowest BCUT2D eigenvalue weighted by molar-refractivity contribution is 0.0953. The van der Waals surface area contributed by atoms with E-state index >= 15 is 0 Å². The second kappa shape index (κ2) is 8.31. The Kier molecular flexibility index (Phi) is 5.84. The molecule has 0 bridgehead atoms. The van der Waals surface area contributed by atoms with Crippen molar-refractivity contribution in [1.29, 1.82) is 0 Å². The van der Waals surface area contributed by atoms with Crippen LogP contribution in [0.3, 0.4) is 0 Å². The van der Waals surface area contributed by atoms with Crippen LogP contribution in [-0.2, 0) is 9.84 Å². The molecule has 144 valence electrons. The molecule has 0 spiro atoms. The van der Waals surface area contributed by atoms with Gasteiger partial charge < -0.3 is 5.32 Å². The first kappa shape index (κ1) is 19.7. The summed E-state index contributed by atoms with van der Waals surface area (Å²) in [5.41, 5.74) is 2.86. The molecule has 2 heterocycles. The molecular formula is C21H21N3O3S. The Morgan fingerprint density at radius 2 is 1.75 bits per heavy atom. The first-order valence-corrected chi connectivity index (χ1v) is 10.3. The summed E-state index contributed by atoms with van der Waals surface area (Å²) < 4.78 is 26.7. The molecule has 2 aromatic heterocycles. The minimum absolute atomic E-state index is 0.0674. The molecule has 0 radical (unpaired) electrons. The molecule has 0 unspecified atom stereocenters. The predicted octanol–water partition coefficient (Wildman–Crippen LogP) is 3.04. The number of aryl methyl sites for hydroxylation is 2. The van der Waals surface area contributed by atoms with Crippen LogP contribution in [0, 0.1) is 13.8 Å². The first-order valence-electron chi connectivity index (χ1n) is 8.79. The number of pyridine rings is 2. The van der Waals surface area contributed by atoms with E-state index in [1.54, 1.807) is 48.7 Å². The number of rotatable bonds is 6. The van der Waals surface area contributed by atoms with Crippen LogP contribution >= 0.6 is 0 Å². The molecular weight excluding hydrogens is 374 g/mol. The van der Waals surface area contributed by atoms with E-state index in [2.05, 4.69) is 15.3 Å². The SMILES string of the molecule is Cc1ccc(S(=O)(=O)[C@@H](CNC(=O)c2ccncc2)c2cccnc2)cc1C. The van der Waals surface area contributed by atoms with Crippen molar-refractivity contribution in [2.24, 2.45) is 0 Å². The number of nitrogens with zero attached hydrogens (tertiary/aromatic N) is 2. The number of sulfone groups is 1. The van der Waals surface area contributed by atoms with Crippen molar-refractivity contribution in [1.82, 2.24) is 15.3 Å². The third kappa shape index (κ3) is 4.26. The van der Waals surface area contributed by atoms with Crippen molar-refractivity contribution in [3.63, 3.8) is 0 Å². The number of aromatic nitrogens is 2. The second-order valence-corrected chi connectivity index (χ2v) is 8.64. The summed E-state index contributed by atoms with van der Waals surface area (Å²) >= 11 is 0. The molecule has 6 nitrogen and oxygen atoms in total. The highest BCUT2D eigenvalue weighted by atomic mass is 32.2. The van der Waals surface area contributed by atoms with E-state index in [-0.39, 0.29) is 17.3 Å². The summed E-state index contributed by atoms with van der Waals surface area (Å²) in [6.07, 6.45) is 6.12.